The van der Waals surface area contributed by atoms with Gasteiger partial charge in [0.1, 0.15) is 0 Å². The average Bonchev–Trinajstić information content (AvgIpc) is 2.86. The van der Waals surface area contributed by atoms with Crippen molar-refractivity contribution in [2.24, 2.45) is 11.3 Å². The molecule has 1 N–H and O–H groups in total. The molecule has 2 atom stereocenters. The maximum atomic E-state index is 11.5. The number of hydrogen-bond donors (Lipinski definition) is 1. The lowest BCUT2D eigenvalue weighted by molar-refractivity contribution is -0.155. The molecule has 0 saturated heterocycles. The van der Waals surface area contributed by atoms with Crippen molar-refractivity contribution in [3.05, 3.63) is 0 Å². The summed E-state index contributed by atoms with van der Waals surface area (Å²) in [5, 5.41) is 9.48. The van der Waals surface area contributed by atoms with Crippen molar-refractivity contribution in [2.75, 3.05) is 7.11 Å². The smallest absolute Gasteiger partial charge is 0.310 e. The number of carboxylic acid groups (broad SMARTS) is 1. The molecule has 2 rings (SSSR count). The first-order valence-corrected chi connectivity index (χ1v) is 5.97. The third-order valence-electron chi connectivity index (χ3n) is 4.39. The van der Waals surface area contributed by atoms with Gasteiger partial charge in [-0.25, -0.2) is 0 Å². The molecule has 2 unspecified atom stereocenters. The molecule has 3 nitrogen and oxygen atoms in total. The lowest BCUT2D eigenvalue weighted by atomic mass is 9.72. The highest BCUT2D eigenvalue weighted by molar-refractivity contribution is 5.75. The van der Waals surface area contributed by atoms with Gasteiger partial charge in [0, 0.05) is 13.0 Å². The Bertz CT molecular complexity index is 243. The summed E-state index contributed by atoms with van der Waals surface area (Å²) >= 11 is 0. The molecule has 0 aromatic carbocycles. The minimum atomic E-state index is -0.589. The minimum absolute atomic E-state index is 0.180. The zero-order valence-electron chi connectivity index (χ0n) is 9.37. The Kier molecular flexibility index (Phi) is 3.01. The Morgan fingerprint density at radius 3 is 2.47 bits per heavy atom. The highest BCUT2D eigenvalue weighted by Gasteiger charge is 2.51. The molecule has 0 aliphatic heterocycles. The number of carboxylic acids is 1. The van der Waals surface area contributed by atoms with Crippen molar-refractivity contribution in [3.63, 3.8) is 0 Å². The lowest BCUT2D eigenvalue weighted by Gasteiger charge is -2.34. The number of rotatable bonds is 3. The lowest BCUT2D eigenvalue weighted by Crippen LogP contribution is -2.40. The van der Waals surface area contributed by atoms with Crippen LogP contribution in [0.25, 0.3) is 0 Å². The van der Waals surface area contributed by atoms with Crippen LogP contribution in [0.4, 0.5) is 0 Å². The third kappa shape index (κ3) is 1.67. The molecule has 0 amide bonds. The molecule has 0 heterocycles. The highest BCUT2D eigenvalue weighted by Crippen LogP contribution is 2.51. The SMILES string of the molecule is COC1CCCC1C1(C(=O)O)CCCC1. The van der Waals surface area contributed by atoms with Crippen LogP contribution in [0.1, 0.15) is 44.9 Å². The summed E-state index contributed by atoms with van der Waals surface area (Å²) in [4.78, 5) is 11.5. The van der Waals surface area contributed by atoms with Crippen LogP contribution in [-0.2, 0) is 9.53 Å². The van der Waals surface area contributed by atoms with E-state index >= 15 is 0 Å². The van der Waals surface area contributed by atoms with Crippen LogP contribution in [0.5, 0.6) is 0 Å². The maximum absolute atomic E-state index is 11.5. The van der Waals surface area contributed by atoms with E-state index in [4.69, 9.17) is 4.74 Å². The van der Waals surface area contributed by atoms with Crippen LogP contribution in [0.2, 0.25) is 0 Å². The Morgan fingerprint density at radius 2 is 1.93 bits per heavy atom. The van der Waals surface area contributed by atoms with E-state index in [1.165, 1.54) is 0 Å². The van der Waals surface area contributed by atoms with E-state index in [-0.39, 0.29) is 12.0 Å². The molecule has 2 fully saturated rings. The van der Waals surface area contributed by atoms with E-state index in [2.05, 4.69) is 0 Å². The predicted octanol–water partition coefficient (Wildman–Crippen LogP) is 2.45. The standard InChI is InChI=1S/C12H20O3/c1-15-10-6-4-5-9(10)12(11(13)14)7-2-3-8-12/h9-10H,2-8H2,1H3,(H,13,14). The average molecular weight is 212 g/mol. The molecule has 3 heteroatoms. The van der Waals surface area contributed by atoms with E-state index in [9.17, 15) is 9.90 Å². The molecule has 2 aliphatic carbocycles. The summed E-state index contributed by atoms with van der Waals surface area (Å²) in [6.45, 7) is 0. The first-order valence-electron chi connectivity index (χ1n) is 5.97. The van der Waals surface area contributed by atoms with Gasteiger partial charge < -0.3 is 9.84 Å². The van der Waals surface area contributed by atoms with Crippen LogP contribution in [-0.4, -0.2) is 24.3 Å². The van der Waals surface area contributed by atoms with E-state index < -0.39 is 11.4 Å². The van der Waals surface area contributed by atoms with Gasteiger partial charge in [0.05, 0.1) is 11.5 Å². The fraction of sp³-hybridized carbons (Fsp3) is 0.917. The summed E-state index contributed by atoms with van der Waals surface area (Å²) in [5.74, 6) is -0.337. The van der Waals surface area contributed by atoms with Gasteiger partial charge in [0.2, 0.25) is 0 Å². The number of carbonyl (C=O) groups is 1. The van der Waals surface area contributed by atoms with Gasteiger partial charge >= 0.3 is 5.97 Å². The van der Waals surface area contributed by atoms with Crippen LogP contribution in [0.15, 0.2) is 0 Å². The molecule has 86 valence electrons. The van der Waals surface area contributed by atoms with E-state index in [0.717, 1.165) is 44.9 Å². The molecule has 2 aliphatic rings. The van der Waals surface area contributed by atoms with Gasteiger partial charge in [-0.2, -0.15) is 0 Å². The Hall–Kier alpha value is -0.570. The van der Waals surface area contributed by atoms with Gasteiger partial charge in [-0.3, -0.25) is 4.79 Å². The summed E-state index contributed by atoms with van der Waals surface area (Å²) in [5.41, 5.74) is -0.461. The molecular weight excluding hydrogens is 192 g/mol. The zero-order chi connectivity index (χ0) is 10.9. The van der Waals surface area contributed by atoms with Crippen molar-refractivity contribution in [1.29, 1.82) is 0 Å². The molecule has 0 radical (unpaired) electrons. The molecule has 0 bridgehead atoms. The quantitative estimate of drug-likeness (QED) is 0.781. The first kappa shape index (κ1) is 10.9. The van der Waals surface area contributed by atoms with E-state index in [1.54, 1.807) is 7.11 Å². The highest BCUT2D eigenvalue weighted by atomic mass is 16.5. The molecule has 15 heavy (non-hydrogen) atoms. The molecule has 0 aromatic heterocycles. The Balaban J connectivity index is 2.20. The largest absolute Gasteiger partial charge is 0.481 e. The Morgan fingerprint density at radius 1 is 1.27 bits per heavy atom. The van der Waals surface area contributed by atoms with Crippen molar-refractivity contribution >= 4 is 5.97 Å². The fourth-order valence-electron chi connectivity index (χ4n) is 3.59. The first-order chi connectivity index (χ1) is 7.20. The third-order valence-corrected chi connectivity index (χ3v) is 4.39. The van der Waals surface area contributed by atoms with E-state index in [1.807, 2.05) is 0 Å². The normalized spacial score (nSPS) is 34.5. The van der Waals surface area contributed by atoms with Crippen molar-refractivity contribution < 1.29 is 14.6 Å². The van der Waals surface area contributed by atoms with Gasteiger partial charge in [-0.05, 0) is 25.7 Å². The molecule has 0 spiro atoms. The van der Waals surface area contributed by atoms with Crippen molar-refractivity contribution in [2.45, 2.75) is 51.0 Å². The summed E-state index contributed by atoms with van der Waals surface area (Å²) in [7, 11) is 1.72. The molecule has 0 aromatic rings. The van der Waals surface area contributed by atoms with Gasteiger partial charge in [-0.15, -0.1) is 0 Å². The second kappa shape index (κ2) is 4.12. The summed E-state index contributed by atoms with van der Waals surface area (Å²) in [6.07, 6.45) is 7.22. The van der Waals surface area contributed by atoms with E-state index in [0.29, 0.717) is 0 Å². The topological polar surface area (TPSA) is 46.5 Å². The minimum Gasteiger partial charge on any atom is -0.481 e. The second-order valence-electron chi connectivity index (χ2n) is 4.98. The Labute approximate surface area is 90.8 Å². The van der Waals surface area contributed by atoms with Crippen molar-refractivity contribution in [3.8, 4) is 0 Å². The van der Waals surface area contributed by atoms with Crippen LogP contribution >= 0.6 is 0 Å². The van der Waals surface area contributed by atoms with Crippen LogP contribution in [0.3, 0.4) is 0 Å². The second-order valence-corrected chi connectivity index (χ2v) is 4.98. The monoisotopic (exact) mass is 212 g/mol. The van der Waals surface area contributed by atoms with Crippen LogP contribution in [0, 0.1) is 11.3 Å². The van der Waals surface area contributed by atoms with Crippen molar-refractivity contribution in [1.82, 2.24) is 0 Å². The summed E-state index contributed by atoms with van der Waals surface area (Å²) in [6, 6.07) is 0. The predicted molar refractivity (Wildman–Crippen MR) is 56.7 cm³/mol. The molecule has 2 saturated carbocycles. The number of aliphatic carboxylic acids is 1. The maximum Gasteiger partial charge on any atom is 0.310 e. The zero-order valence-corrected chi connectivity index (χ0v) is 9.37. The van der Waals surface area contributed by atoms with Gasteiger partial charge in [0.15, 0.2) is 0 Å². The van der Waals surface area contributed by atoms with Gasteiger partial charge in [-0.1, -0.05) is 19.3 Å². The number of hydrogen-bond acceptors (Lipinski definition) is 2. The number of methoxy groups -OCH3 is 1. The van der Waals surface area contributed by atoms with Gasteiger partial charge in [0.25, 0.3) is 0 Å². The van der Waals surface area contributed by atoms with Crippen LogP contribution < -0.4 is 0 Å². The molecular formula is C12H20O3. The number of ether oxygens (including phenoxy) is 1. The summed E-state index contributed by atoms with van der Waals surface area (Å²) < 4.78 is 5.45. The fourth-order valence-corrected chi connectivity index (χ4v) is 3.59.